The summed E-state index contributed by atoms with van der Waals surface area (Å²) in [7, 11) is 0. The number of hydrogen-bond donors (Lipinski definition) is 7. The van der Waals surface area contributed by atoms with Crippen molar-refractivity contribution in [3.63, 3.8) is 0 Å². The second-order valence-electron chi connectivity index (χ2n) is 19.6. The van der Waals surface area contributed by atoms with E-state index in [4.69, 9.17) is 78.8 Å². The number of hydrogen-bond acceptors (Lipinski definition) is 14. The molecule has 0 unspecified atom stereocenters. The standard InChI is InChI=1S/C23H25ClFN5O3.C13H18ClFN2O.C10H9Cl2FO.C10H9N3O3.C4H11N.CH2O3.2K.H/c1-3-14(2)29(12-19(31)27-11-15-7-6-9-17(24)21(15)25)20(32)13-30-18-10-5-4-8-16(18)22(28-30)23(26)33;1-3-9(2)16-8-12(18)17-7-10-5-4-6-11(14)13(10)15;11-6-8(14)5-4-7-2-1-3-9(12)10(7)13;11-10(16)9-6-3-1-2-4-7(6)13(12-9)5-8(14)15;1-3-4(2)5;2-1-4-3;;;/h4-10,14H,3,11-13H2,1-2H3,(H2,26,33)(H,27,31);4-6,9,16H,3,7-8H2,1-2H3,(H,17,18);1-3H,4-6H2;1-4H,5H2,(H2,11,16)(H,14,15);4H,3,5H2,1-2H3;1,3H;;;/q;;;;;;2*+1;-1/p-1/t14-;9-;;;4-;;;;/m11..1..../s1. The molecule has 0 aliphatic rings. The van der Waals surface area contributed by atoms with E-state index in [0.29, 0.717) is 57.9 Å². The number of primary amides is 2. The number of carbonyl (C=O) groups excluding carboxylic acids is 7. The molecule has 0 fully saturated rings. The summed E-state index contributed by atoms with van der Waals surface area (Å²) in [5.41, 5.74) is 18.3. The van der Waals surface area contributed by atoms with Crippen molar-refractivity contribution in [1.82, 2.24) is 40.4 Å². The first kappa shape index (κ1) is 87.1. The van der Waals surface area contributed by atoms with Gasteiger partial charge in [-0.1, -0.05) is 128 Å². The van der Waals surface area contributed by atoms with Crippen LogP contribution in [0.1, 0.15) is 106 Å². The van der Waals surface area contributed by atoms with Crippen LogP contribution in [-0.4, -0.2) is 114 Å². The molecule has 5 amide bonds. The summed E-state index contributed by atoms with van der Waals surface area (Å²) < 4.78 is 43.5. The number of benzene rings is 5. The van der Waals surface area contributed by atoms with E-state index < -0.39 is 41.1 Å². The number of nitrogens with one attached hydrogen (secondary N) is 3. The SMILES string of the molecule is CC[C@@H](C)N.CC[C@@H](C)N(CC(=O)NCc1cccc(Cl)c1F)C(=O)Cn1nc(C(N)=O)c2ccccc21.CC[C@@H](C)NCC(=O)NCc1cccc(Cl)c1F.NC(=O)c1nn(CC(=O)O)c2ccccc12.O=C(CCl)CCc1cccc(Cl)c1F.O=CO[O-].[H-].[K+].[K+]. The molecule has 7 aromatic rings. The average molecular weight is 1410 g/mol. The number of rotatable bonds is 24. The number of aryl methyl sites for hydroxylation is 1. The van der Waals surface area contributed by atoms with Gasteiger partial charge in [0.05, 0.1) is 45.1 Å². The van der Waals surface area contributed by atoms with E-state index in [1.165, 1.54) is 38.5 Å². The minimum Gasteiger partial charge on any atom is -1.00 e. The number of amides is 5. The van der Waals surface area contributed by atoms with Gasteiger partial charge in [0.2, 0.25) is 17.7 Å². The number of carboxylic acids is 1. The van der Waals surface area contributed by atoms with Crippen LogP contribution >= 0.6 is 46.4 Å². The van der Waals surface area contributed by atoms with Crippen molar-refractivity contribution in [2.75, 3.05) is 19.0 Å². The molecule has 0 bridgehead atoms. The summed E-state index contributed by atoms with van der Waals surface area (Å²) in [6, 6.07) is 28.3. The molecule has 0 saturated heterocycles. The van der Waals surface area contributed by atoms with Gasteiger partial charge in [0.25, 0.3) is 18.3 Å². The van der Waals surface area contributed by atoms with Crippen LogP contribution in [0.25, 0.3) is 21.8 Å². The fourth-order valence-corrected chi connectivity index (χ4v) is 8.16. The first-order valence-electron chi connectivity index (χ1n) is 27.8. The molecule has 0 radical (unpaired) electrons. The molecule has 5 aromatic carbocycles. The number of halogens is 7. The van der Waals surface area contributed by atoms with Crippen molar-refractivity contribution in [3.05, 3.63) is 164 Å². The van der Waals surface area contributed by atoms with Crippen LogP contribution < -0.4 is 141 Å². The predicted molar refractivity (Wildman–Crippen MR) is 338 cm³/mol. The number of Topliss-reactive ketones (excluding diaryl/α,β-unsaturated/α-hetero) is 1. The van der Waals surface area contributed by atoms with Crippen LogP contribution in [0.2, 0.25) is 15.1 Å². The fraction of sp³-hybridized carbons (Fsp3) is 0.344. The monoisotopic (exact) mass is 1410 g/mol. The Bertz CT molecular complexity index is 3530. The van der Waals surface area contributed by atoms with Crippen LogP contribution in [0, 0.1) is 17.5 Å². The minimum atomic E-state index is -1.02. The van der Waals surface area contributed by atoms with Gasteiger partial charge in [-0.3, -0.25) is 47.7 Å². The van der Waals surface area contributed by atoms with E-state index in [2.05, 4.69) is 38.0 Å². The molecule has 7 rings (SSSR count). The molecule has 0 aliphatic heterocycles. The number of aromatic nitrogens is 4. The van der Waals surface area contributed by atoms with Crippen molar-refractivity contribution < 1.29 is 171 Å². The van der Waals surface area contributed by atoms with Crippen LogP contribution in [0.4, 0.5) is 13.2 Å². The zero-order chi connectivity index (χ0) is 67.6. The van der Waals surface area contributed by atoms with Crippen LogP contribution in [0.15, 0.2) is 103 Å². The first-order chi connectivity index (χ1) is 42.7. The third-order valence-electron chi connectivity index (χ3n) is 12.9. The zero-order valence-electron chi connectivity index (χ0n) is 53.3. The normalized spacial score (nSPS) is 11.1. The van der Waals surface area contributed by atoms with Crippen molar-refractivity contribution in [2.45, 2.75) is 118 Å². The number of para-hydroxylation sites is 2. The maximum atomic E-state index is 14.1. The van der Waals surface area contributed by atoms with Gasteiger partial charge in [-0.05, 0) is 82.3 Å². The van der Waals surface area contributed by atoms with Gasteiger partial charge in [-0.25, -0.2) is 13.2 Å². The largest absolute Gasteiger partial charge is 1.00 e. The van der Waals surface area contributed by atoms with E-state index in [1.807, 2.05) is 34.6 Å². The molecule has 2 aromatic heterocycles. The maximum Gasteiger partial charge on any atom is 1.00 e. The Kier molecular flexibility index (Phi) is 44.6. The van der Waals surface area contributed by atoms with Gasteiger partial charge in [0.15, 0.2) is 11.4 Å². The quantitative estimate of drug-likeness (QED) is 0.0150. The molecule has 2 heterocycles. The summed E-state index contributed by atoms with van der Waals surface area (Å²) in [6.07, 6.45) is 3.25. The van der Waals surface area contributed by atoms with Gasteiger partial charge in [0.1, 0.15) is 36.3 Å². The number of alkyl halides is 1. The van der Waals surface area contributed by atoms with Crippen molar-refractivity contribution in [2.24, 2.45) is 17.2 Å². The summed E-state index contributed by atoms with van der Waals surface area (Å²) in [5.74, 6) is -4.96. The number of ketones is 1. The number of fused-ring (bicyclic) bond motifs is 2. The Balaban J connectivity index is 0. The molecule has 31 heteroatoms. The second kappa shape index (κ2) is 47.1. The fourth-order valence-electron chi connectivity index (χ4n) is 7.44. The summed E-state index contributed by atoms with van der Waals surface area (Å²) in [4.78, 5) is 94.3. The van der Waals surface area contributed by atoms with Gasteiger partial charge in [0, 0.05) is 59.5 Å². The second-order valence-corrected chi connectivity index (χ2v) is 21.1. The summed E-state index contributed by atoms with van der Waals surface area (Å²) in [5, 5.41) is 34.8. The molecular formula is C61H74Cl4F3K2N11O11. The first-order valence-corrected chi connectivity index (χ1v) is 29.5. The van der Waals surface area contributed by atoms with Crippen molar-refractivity contribution in [1.29, 1.82) is 0 Å². The van der Waals surface area contributed by atoms with Gasteiger partial charge in [-0.2, -0.15) is 10.2 Å². The number of nitrogens with two attached hydrogens (primary N) is 3. The Hall–Kier alpha value is -4.90. The van der Waals surface area contributed by atoms with Gasteiger partial charge < -0.3 is 54.7 Å². The van der Waals surface area contributed by atoms with Crippen LogP contribution in [0.3, 0.4) is 0 Å². The van der Waals surface area contributed by atoms with E-state index in [1.54, 1.807) is 78.9 Å². The molecular weight excluding hydrogens is 1340 g/mol. The Morgan fingerprint density at radius 2 is 1.09 bits per heavy atom. The number of aliphatic carboxylic acids is 1. The van der Waals surface area contributed by atoms with Crippen molar-refractivity contribution >= 4 is 116 Å². The molecule has 0 spiro atoms. The smallest absolute Gasteiger partial charge is 1.00 e. The predicted octanol–water partition coefficient (Wildman–Crippen LogP) is 2.09. The zero-order valence-corrected chi connectivity index (χ0v) is 61.5. The van der Waals surface area contributed by atoms with Gasteiger partial charge >= 0.3 is 109 Å². The van der Waals surface area contributed by atoms with Crippen molar-refractivity contribution in [3.8, 4) is 0 Å². The summed E-state index contributed by atoms with van der Waals surface area (Å²) >= 11 is 22.3. The molecule has 10 N–H and O–H groups in total. The molecule has 92 heavy (non-hydrogen) atoms. The Labute approximate surface area is 637 Å². The maximum absolute atomic E-state index is 14.1. The Morgan fingerprint density at radius 1 is 0.674 bits per heavy atom. The van der Waals surface area contributed by atoms with Crippen LogP contribution in [-0.2, 0) is 66.3 Å². The average Bonchev–Trinajstić information content (AvgIpc) is 1.67. The summed E-state index contributed by atoms with van der Waals surface area (Å²) in [6.45, 7) is 11.3. The number of carbonyl (C=O) groups is 8. The topological polar surface area (TPSA) is 342 Å². The third-order valence-corrected chi connectivity index (χ3v) is 14.1. The van der Waals surface area contributed by atoms with E-state index in [9.17, 15) is 46.7 Å². The third kappa shape index (κ3) is 30.7. The van der Waals surface area contributed by atoms with Gasteiger partial charge in [-0.15, -0.1) is 11.6 Å². The molecule has 490 valence electrons. The molecule has 22 nitrogen and oxygen atoms in total. The van der Waals surface area contributed by atoms with Crippen LogP contribution in [0.5, 0.6) is 0 Å². The molecule has 0 aliphatic carbocycles. The molecule has 3 atom stereocenters. The number of nitrogens with zero attached hydrogens (tertiary/aromatic N) is 5. The molecule has 0 saturated carbocycles. The van der Waals surface area contributed by atoms with E-state index >= 15 is 0 Å². The van der Waals surface area contributed by atoms with E-state index in [-0.39, 0.29) is 218 Å². The Morgan fingerprint density at radius 3 is 1.48 bits per heavy atom. The minimum absolute atomic E-state index is 0. The number of carboxylic acid groups (broad SMARTS) is 1. The van der Waals surface area contributed by atoms with E-state index in [0.717, 1.165) is 12.8 Å².